The Kier molecular flexibility index (Phi) is 7.76. The van der Waals surface area contributed by atoms with Crippen LogP contribution in [0.4, 0.5) is 11.4 Å². The van der Waals surface area contributed by atoms with E-state index in [-0.39, 0.29) is 6.04 Å². The zero-order chi connectivity index (χ0) is 42.6. The minimum Gasteiger partial charge on any atom is -0.333 e. The van der Waals surface area contributed by atoms with Crippen LogP contribution in [-0.4, -0.2) is 10.6 Å². The fourth-order valence-electron chi connectivity index (χ4n) is 12.0. The van der Waals surface area contributed by atoms with Crippen LogP contribution in [0.2, 0.25) is 0 Å². The van der Waals surface area contributed by atoms with Crippen LogP contribution in [0.1, 0.15) is 39.8 Å². The molecule has 0 saturated carbocycles. The third kappa shape index (κ3) is 5.11. The summed E-state index contributed by atoms with van der Waals surface area (Å²) in [5.41, 5.74) is 18.8. The molecule has 1 unspecified atom stereocenters. The Balaban J connectivity index is 1.00. The Labute approximate surface area is 378 Å². The van der Waals surface area contributed by atoms with Gasteiger partial charge in [-0.25, -0.2) is 0 Å². The van der Waals surface area contributed by atoms with Gasteiger partial charge in [-0.1, -0.05) is 188 Å². The van der Waals surface area contributed by atoms with Crippen molar-refractivity contribution >= 4 is 65.9 Å². The predicted octanol–water partition coefficient (Wildman–Crippen LogP) is 15.8. The Bertz CT molecular complexity index is 3770. The van der Waals surface area contributed by atoms with Crippen LogP contribution in [0, 0.1) is 0 Å². The van der Waals surface area contributed by atoms with E-state index in [0.29, 0.717) is 0 Å². The van der Waals surface area contributed by atoms with Crippen LogP contribution in [-0.2, 0) is 5.41 Å². The standard InChI is InChI=1S/C63H42N2/c1-3-20-46(21-4-1)63(47-22-5-2-6-23-47)54-27-13-11-26-51(54)61-55(63)34-37-60-62(61)53-40-45(32-36-59(53)64(60)48-33-30-41-16-7-8-18-43(41)38-48)44-31-35-58-52(39-44)50-25-12-14-28-57(50)65(58)56-29-15-19-42-17-9-10-24-49(42)56/h1-35,37-40,59H,36H2. The number of benzene rings is 10. The average Bonchev–Trinajstić information content (AvgIpc) is 4.00. The Hall–Kier alpha value is -8.20. The fraction of sp³-hybridized carbons (Fsp3) is 0.0476. The van der Waals surface area contributed by atoms with Crippen LogP contribution >= 0.6 is 0 Å². The second kappa shape index (κ2) is 13.9. The Morgan fingerprint density at radius 1 is 0.431 bits per heavy atom. The lowest BCUT2D eigenvalue weighted by atomic mass is 9.67. The van der Waals surface area contributed by atoms with Gasteiger partial charge in [-0.05, 0) is 121 Å². The van der Waals surface area contributed by atoms with E-state index in [2.05, 4.69) is 246 Å². The third-order valence-corrected chi connectivity index (χ3v) is 14.7. The van der Waals surface area contributed by atoms with Crippen molar-refractivity contribution in [3.63, 3.8) is 0 Å². The topological polar surface area (TPSA) is 8.17 Å². The van der Waals surface area contributed by atoms with E-state index in [9.17, 15) is 0 Å². The maximum absolute atomic E-state index is 2.63. The molecule has 65 heavy (non-hydrogen) atoms. The van der Waals surface area contributed by atoms with Crippen molar-refractivity contribution in [2.75, 3.05) is 4.90 Å². The maximum atomic E-state index is 2.63. The maximum Gasteiger partial charge on any atom is 0.0713 e. The molecule has 2 heterocycles. The van der Waals surface area contributed by atoms with Crippen molar-refractivity contribution in [3.8, 4) is 16.8 Å². The number of nitrogens with zero attached hydrogens (tertiary/aromatic N) is 2. The molecule has 0 spiro atoms. The lowest BCUT2D eigenvalue weighted by Crippen LogP contribution is -2.28. The molecule has 304 valence electrons. The van der Waals surface area contributed by atoms with Gasteiger partial charge in [0.2, 0.25) is 0 Å². The largest absolute Gasteiger partial charge is 0.333 e. The monoisotopic (exact) mass is 826 g/mol. The van der Waals surface area contributed by atoms with E-state index in [1.165, 1.54) is 116 Å². The highest BCUT2D eigenvalue weighted by Crippen LogP contribution is 2.62. The van der Waals surface area contributed by atoms with Crippen molar-refractivity contribution in [1.82, 2.24) is 4.57 Å². The van der Waals surface area contributed by atoms with Gasteiger partial charge < -0.3 is 9.47 Å². The summed E-state index contributed by atoms with van der Waals surface area (Å²) in [5.74, 6) is 0. The van der Waals surface area contributed by atoms with Crippen LogP contribution in [0.3, 0.4) is 0 Å². The van der Waals surface area contributed by atoms with E-state index in [1.54, 1.807) is 0 Å². The smallest absolute Gasteiger partial charge is 0.0713 e. The van der Waals surface area contributed by atoms with Crippen molar-refractivity contribution in [1.29, 1.82) is 0 Å². The van der Waals surface area contributed by atoms with Crippen LogP contribution < -0.4 is 4.90 Å². The first-order valence-corrected chi connectivity index (χ1v) is 22.9. The number of anilines is 2. The molecule has 2 aliphatic carbocycles. The van der Waals surface area contributed by atoms with E-state index in [0.717, 1.165) is 6.42 Å². The van der Waals surface area contributed by atoms with Gasteiger partial charge in [0.15, 0.2) is 0 Å². The van der Waals surface area contributed by atoms with Gasteiger partial charge in [0, 0.05) is 33.1 Å². The number of hydrogen-bond acceptors (Lipinski definition) is 1. The molecule has 11 aromatic rings. The minimum absolute atomic E-state index is 0.133. The first-order valence-electron chi connectivity index (χ1n) is 22.9. The third-order valence-electron chi connectivity index (χ3n) is 14.7. The summed E-state index contributed by atoms with van der Waals surface area (Å²) in [4.78, 5) is 2.63. The zero-order valence-electron chi connectivity index (χ0n) is 35.7. The number of hydrogen-bond donors (Lipinski definition) is 0. The summed E-state index contributed by atoms with van der Waals surface area (Å²) in [7, 11) is 0. The summed E-state index contributed by atoms with van der Waals surface area (Å²) < 4.78 is 2.46. The van der Waals surface area contributed by atoms with Crippen LogP contribution in [0.5, 0.6) is 0 Å². The molecule has 0 radical (unpaired) electrons. The second-order valence-corrected chi connectivity index (χ2v) is 17.9. The van der Waals surface area contributed by atoms with Gasteiger partial charge in [-0.3, -0.25) is 0 Å². The van der Waals surface area contributed by atoms with Gasteiger partial charge >= 0.3 is 0 Å². The molecule has 0 amide bonds. The zero-order valence-corrected chi connectivity index (χ0v) is 35.7. The first-order chi connectivity index (χ1) is 32.3. The van der Waals surface area contributed by atoms with Crippen molar-refractivity contribution in [3.05, 3.63) is 270 Å². The molecule has 14 rings (SSSR count). The molecule has 1 atom stereocenters. The second-order valence-electron chi connectivity index (χ2n) is 17.9. The van der Waals surface area contributed by atoms with Crippen LogP contribution in [0.15, 0.2) is 237 Å². The molecular weight excluding hydrogens is 785 g/mol. The number of fused-ring (bicyclic) bond motifs is 12. The van der Waals surface area contributed by atoms with Gasteiger partial charge in [0.1, 0.15) is 0 Å². The molecular formula is C63H42N2. The van der Waals surface area contributed by atoms with E-state index in [4.69, 9.17) is 0 Å². The summed E-state index contributed by atoms with van der Waals surface area (Å²) in [6, 6.07) is 83.7. The molecule has 0 bridgehead atoms. The Morgan fingerprint density at radius 2 is 1.11 bits per heavy atom. The molecule has 0 saturated heterocycles. The quantitative estimate of drug-likeness (QED) is 0.168. The molecule has 1 aliphatic heterocycles. The van der Waals surface area contributed by atoms with E-state index >= 15 is 0 Å². The lowest BCUT2D eigenvalue weighted by Gasteiger charge is -2.34. The molecule has 3 aliphatic rings. The van der Waals surface area contributed by atoms with Crippen molar-refractivity contribution < 1.29 is 0 Å². The van der Waals surface area contributed by atoms with Crippen LogP contribution in [0.25, 0.3) is 71.3 Å². The van der Waals surface area contributed by atoms with Gasteiger partial charge in [0.05, 0.1) is 28.2 Å². The fourth-order valence-corrected chi connectivity index (χ4v) is 12.0. The Morgan fingerprint density at radius 3 is 1.94 bits per heavy atom. The number of allylic oxidation sites excluding steroid dienone is 2. The summed E-state index contributed by atoms with van der Waals surface area (Å²) in [5, 5.41) is 7.54. The summed E-state index contributed by atoms with van der Waals surface area (Å²) in [6.45, 7) is 0. The molecule has 10 aromatic carbocycles. The average molecular weight is 827 g/mol. The van der Waals surface area contributed by atoms with Gasteiger partial charge in [0.25, 0.3) is 0 Å². The summed E-state index contributed by atoms with van der Waals surface area (Å²) >= 11 is 0. The van der Waals surface area contributed by atoms with Crippen molar-refractivity contribution in [2.45, 2.75) is 17.9 Å². The molecule has 2 heteroatoms. The van der Waals surface area contributed by atoms with Gasteiger partial charge in [-0.15, -0.1) is 0 Å². The minimum atomic E-state index is -0.480. The highest BCUT2D eigenvalue weighted by Gasteiger charge is 2.49. The van der Waals surface area contributed by atoms with E-state index in [1.807, 2.05) is 0 Å². The highest BCUT2D eigenvalue weighted by molar-refractivity contribution is 6.13. The summed E-state index contributed by atoms with van der Waals surface area (Å²) in [6.07, 6.45) is 5.91. The van der Waals surface area contributed by atoms with E-state index < -0.39 is 5.41 Å². The van der Waals surface area contributed by atoms with Gasteiger partial charge in [-0.2, -0.15) is 0 Å². The number of rotatable bonds is 5. The first kappa shape index (κ1) is 36.3. The SMILES string of the molecule is C1=C(c2ccc3c(c2)c2ccccc2n3-c2cccc3ccccc23)C=C2c3c(ccc4c3-c3ccccc3C4(c3ccccc3)c3ccccc3)N(c3ccc4ccccc4c3)C2C1. The lowest BCUT2D eigenvalue weighted by molar-refractivity contribution is 0.768. The normalized spacial score (nSPS) is 15.8. The number of aromatic nitrogens is 1. The predicted molar refractivity (Wildman–Crippen MR) is 272 cm³/mol. The molecule has 0 fully saturated rings. The molecule has 2 nitrogen and oxygen atoms in total. The molecule has 1 aromatic heterocycles. The van der Waals surface area contributed by atoms with Crippen molar-refractivity contribution in [2.24, 2.45) is 0 Å². The molecule has 0 N–H and O–H groups in total. The number of para-hydroxylation sites is 1. The highest BCUT2D eigenvalue weighted by atomic mass is 15.2.